The second-order valence-corrected chi connectivity index (χ2v) is 5.66. The van der Waals surface area contributed by atoms with Gasteiger partial charge in [0.05, 0.1) is 0 Å². The van der Waals surface area contributed by atoms with Gasteiger partial charge in [-0.2, -0.15) is 0 Å². The quantitative estimate of drug-likeness (QED) is 0.774. The van der Waals surface area contributed by atoms with Gasteiger partial charge in [0, 0.05) is 31.0 Å². The summed E-state index contributed by atoms with van der Waals surface area (Å²) in [5.74, 6) is 0.168. The lowest BCUT2D eigenvalue weighted by atomic mass is 9.80. The van der Waals surface area contributed by atoms with Gasteiger partial charge in [-0.25, -0.2) is 0 Å². The normalized spacial score (nSPS) is 22.5. The summed E-state index contributed by atoms with van der Waals surface area (Å²) in [5.41, 5.74) is 3.03. The molecule has 1 atom stereocenters. The highest BCUT2D eigenvalue weighted by molar-refractivity contribution is 6.01. The van der Waals surface area contributed by atoms with E-state index in [-0.39, 0.29) is 17.6 Å². The van der Waals surface area contributed by atoms with E-state index in [2.05, 4.69) is 0 Å². The standard InChI is InChI=1S/C16H19NO2/c1-11-5-4-6-13-14(11)9-12(10-15(13)18)16(19)17-7-2-3-8-17/h4-6,12H,2-3,7-10H2,1H3. The zero-order valence-corrected chi connectivity index (χ0v) is 11.3. The molecule has 3 heteroatoms. The lowest BCUT2D eigenvalue weighted by molar-refractivity contribution is -0.134. The van der Waals surface area contributed by atoms with Crippen LogP contribution in [0.2, 0.25) is 0 Å². The van der Waals surface area contributed by atoms with Crippen LogP contribution in [0.1, 0.15) is 40.7 Å². The number of Topliss-reactive ketones (excluding diaryl/α,β-unsaturated/α-hetero) is 1. The highest BCUT2D eigenvalue weighted by Gasteiger charge is 2.33. The van der Waals surface area contributed by atoms with Crippen molar-refractivity contribution in [3.63, 3.8) is 0 Å². The molecule has 1 aromatic rings. The van der Waals surface area contributed by atoms with E-state index in [0.29, 0.717) is 6.42 Å². The smallest absolute Gasteiger partial charge is 0.226 e. The Morgan fingerprint density at radius 3 is 2.68 bits per heavy atom. The summed E-state index contributed by atoms with van der Waals surface area (Å²) in [6, 6.07) is 5.84. The van der Waals surface area contributed by atoms with Crippen LogP contribution in [0.5, 0.6) is 0 Å². The molecule has 0 spiro atoms. The third kappa shape index (κ3) is 2.18. The van der Waals surface area contributed by atoms with Crippen LogP contribution in [0.15, 0.2) is 18.2 Å². The van der Waals surface area contributed by atoms with Gasteiger partial charge < -0.3 is 4.90 Å². The first-order valence-electron chi connectivity index (χ1n) is 7.07. The average molecular weight is 257 g/mol. The van der Waals surface area contributed by atoms with E-state index in [1.54, 1.807) is 0 Å². The molecule has 1 aromatic carbocycles. The fourth-order valence-electron chi connectivity index (χ4n) is 3.26. The van der Waals surface area contributed by atoms with Crippen LogP contribution in [0, 0.1) is 12.8 Å². The molecule has 100 valence electrons. The predicted molar refractivity (Wildman–Crippen MR) is 73.1 cm³/mol. The Labute approximate surface area is 113 Å². The number of hydrogen-bond donors (Lipinski definition) is 0. The number of carbonyl (C=O) groups excluding carboxylic acids is 2. The molecule has 1 fully saturated rings. The van der Waals surface area contributed by atoms with Crippen LogP contribution in [-0.2, 0) is 11.2 Å². The maximum absolute atomic E-state index is 12.4. The lowest BCUT2D eigenvalue weighted by Crippen LogP contribution is -2.38. The van der Waals surface area contributed by atoms with Gasteiger partial charge >= 0.3 is 0 Å². The van der Waals surface area contributed by atoms with E-state index in [9.17, 15) is 9.59 Å². The van der Waals surface area contributed by atoms with Crippen molar-refractivity contribution in [3.05, 3.63) is 34.9 Å². The Balaban J connectivity index is 1.86. The highest BCUT2D eigenvalue weighted by atomic mass is 16.2. The molecule has 19 heavy (non-hydrogen) atoms. The largest absolute Gasteiger partial charge is 0.342 e. The van der Waals surface area contributed by atoms with Crippen LogP contribution in [-0.4, -0.2) is 29.7 Å². The zero-order chi connectivity index (χ0) is 13.4. The molecular weight excluding hydrogens is 238 g/mol. The third-order valence-electron chi connectivity index (χ3n) is 4.36. The minimum absolute atomic E-state index is 0.127. The summed E-state index contributed by atoms with van der Waals surface area (Å²) in [4.78, 5) is 26.6. The summed E-state index contributed by atoms with van der Waals surface area (Å²) in [6.45, 7) is 3.75. The Morgan fingerprint density at radius 2 is 1.95 bits per heavy atom. The summed E-state index contributed by atoms with van der Waals surface area (Å²) in [5, 5.41) is 0. The topological polar surface area (TPSA) is 37.4 Å². The summed E-state index contributed by atoms with van der Waals surface area (Å²) in [6.07, 6.45) is 3.30. The Morgan fingerprint density at radius 1 is 1.21 bits per heavy atom. The van der Waals surface area contributed by atoms with Crippen molar-refractivity contribution in [2.24, 2.45) is 5.92 Å². The maximum atomic E-state index is 12.4. The number of amides is 1. The van der Waals surface area contributed by atoms with E-state index in [0.717, 1.165) is 49.0 Å². The van der Waals surface area contributed by atoms with Gasteiger partial charge in [-0.3, -0.25) is 9.59 Å². The minimum atomic E-state index is -0.140. The SMILES string of the molecule is Cc1cccc2c1CC(C(=O)N1CCCC1)CC2=O. The van der Waals surface area contributed by atoms with Gasteiger partial charge in [-0.1, -0.05) is 18.2 Å². The number of likely N-dealkylation sites (tertiary alicyclic amines) is 1. The monoisotopic (exact) mass is 257 g/mol. The first-order valence-corrected chi connectivity index (χ1v) is 7.07. The van der Waals surface area contributed by atoms with Gasteiger partial charge in [-0.15, -0.1) is 0 Å². The highest BCUT2D eigenvalue weighted by Crippen LogP contribution is 2.29. The van der Waals surface area contributed by atoms with Crippen molar-refractivity contribution in [1.82, 2.24) is 4.90 Å². The minimum Gasteiger partial charge on any atom is -0.342 e. The molecule has 0 saturated carbocycles. The number of benzene rings is 1. The number of nitrogens with zero attached hydrogens (tertiary/aromatic N) is 1. The zero-order valence-electron chi connectivity index (χ0n) is 11.3. The Hall–Kier alpha value is -1.64. The van der Waals surface area contributed by atoms with Crippen molar-refractivity contribution in [1.29, 1.82) is 0 Å². The molecule has 1 saturated heterocycles. The molecule has 3 rings (SSSR count). The molecular formula is C16H19NO2. The number of aryl methyl sites for hydroxylation is 1. The molecule has 0 N–H and O–H groups in total. The molecule has 1 amide bonds. The summed E-state index contributed by atoms with van der Waals surface area (Å²) >= 11 is 0. The summed E-state index contributed by atoms with van der Waals surface area (Å²) in [7, 11) is 0. The fourth-order valence-corrected chi connectivity index (χ4v) is 3.26. The van der Waals surface area contributed by atoms with Crippen molar-refractivity contribution >= 4 is 11.7 Å². The van der Waals surface area contributed by atoms with Crippen LogP contribution in [0.3, 0.4) is 0 Å². The van der Waals surface area contributed by atoms with Crippen LogP contribution < -0.4 is 0 Å². The molecule has 0 radical (unpaired) electrons. The van der Waals surface area contributed by atoms with E-state index in [1.165, 1.54) is 0 Å². The first kappa shape index (κ1) is 12.4. The Kier molecular flexibility index (Phi) is 3.13. The van der Waals surface area contributed by atoms with Gasteiger partial charge in [0.1, 0.15) is 0 Å². The molecule has 1 heterocycles. The van der Waals surface area contributed by atoms with Crippen molar-refractivity contribution in [3.8, 4) is 0 Å². The van der Waals surface area contributed by atoms with Crippen molar-refractivity contribution in [2.45, 2.75) is 32.6 Å². The summed E-state index contributed by atoms with van der Waals surface area (Å²) < 4.78 is 0. The van der Waals surface area contributed by atoms with Gasteiger partial charge in [0.15, 0.2) is 5.78 Å². The van der Waals surface area contributed by atoms with E-state index in [1.807, 2.05) is 30.0 Å². The lowest BCUT2D eigenvalue weighted by Gasteiger charge is -2.27. The average Bonchev–Trinajstić information content (AvgIpc) is 2.93. The molecule has 1 unspecified atom stereocenters. The number of rotatable bonds is 1. The molecule has 0 bridgehead atoms. The number of hydrogen-bond acceptors (Lipinski definition) is 2. The molecule has 3 nitrogen and oxygen atoms in total. The Bertz CT molecular complexity index is 530. The van der Waals surface area contributed by atoms with Crippen molar-refractivity contribution in [2.75, 3.05) is 13.1 Å². The van der Waals surface area contributed by atoms with Crippen molar-refractivity contribution < 1.29 is 9.59 Å². The number of ketones is 1. The maximum Gasteiger partial charge on any atom is 0.226 e. The van der Waals surface area contributed by atoms with Gasteiger partial charge in [-0.05, 0) is 37.3 Å². The fraction of sp³-hybridized carbons (Fsp3) is 0.500. The second kappa shape index (κ2) is 4.80. The number of fused-ring (bicyclic) bond motifs is 1. The van der Waals surface area contributed by atoms with Crippen LogP contribution in [0.25, 0.3) is 0 Å². The predicted octanol–water partition coefficient (Wildman–Crippen LogP) is 2.36. The second-order valence-electron chi connectivity index (χ2n) is 5.66. The molecule has 0 aromatic heterocycles. The van der Waals surface area contributed by atoms with Gasteiger partial charge in [0.25, 0.3) is 0 Å². The van der Waals surface area contributed by atoms with Crippen LogP contribution in [0.4, 0.5) is 0 Å². The van der Waals surface area contributed by atoms with E-state index < -0.39 is 0 Å². The third-order valence-corrected chi connectivity index (χ3v) is 4.36. The number of carbonyl (C=O) groups is 2. The van der Waals surface area contributed by atoms with E-state index in [4.69, 9.17) is 0 Å². The molecule has 1 aliphatic carbocycles. The van der Waals surface area contributed by atoms with E-state index >= 15 is 0 Å². The van der Waals surface area contributed by atoms with Crippen LogP contribution >= 0.6 is 0 Å². The van der Waals surface area contributed by atoms with Gasteiger partial charge in [0.2, 0.25) is 5.91 Å². The molecule has 2 aliphatic rings. The first-order chi connectivity index (χ1) is 9.16. The molecule has 1 aliphatic heterocycles.